The maximum Gasteiger partial charge on any atom is 0.407 e. The SMILES string of the molecule is C/C=C(/c1scc(C(=O)OC)c1C)C1CCC(NC(=O)OC(C)(C)C)CC1.COC(=O)c1csc(C(=O)C2CCC(NC(=O)OC(C)(C)C)CC2)c1C. The van der Waals surface area contributed by atoms with Gasteiger partial charge in [0.1, 0.15) is 11.2 Å². The lowest BCUT2D eigenvalue weighted by Gasteiger charge is -2.31. The second kappa shape index (κ2) is 19.1. The maximum atomic E-state index is 12.8. The molecule has 0 spiro atoms. The van der Waals surface area contributed by atoms with E-state index in [2.05, 4.69) is 23.6 Å². The molecule has 2 fully saturated rings. The van der Waals surface area contributed by atoms with Gasteiger partial charge < -0.3 is 29.6 Å². The maximum absolute atomic E-state index is 12.8. The summed E-state index contributed by atoms with van der Waals surface area (Å²) in [5, 5.41) is 9.44. The first-order valence-electron chi connectivity index (χ1n) is 18.3. The smallest absolute Gasteiger partial charge is 0.407 e. The van der Waals surface area contributed by atoms with Crippen LogP contribution in [0.3, 0.4) is 0 Å². The molecular formula is C40H58N2O9S2. The zero-order chi connectivity index (χ0) is 39.7. The van der Waals surface area contributed by atoms with Crippen molar-refractivity contribution in [1.82, 2.24) is 10.6 Å². The fourth-order valence-corrected chi connectivity index (χ4v) is 9.01. The number of alkyl carbamates (subject to hydrolysis) is 2. The van der Waals surface area contributed by atoms with Gasteiger partial charge in [0.25, 0.3) is 0 Å². The number of ether oxygens (including phenoxy) is 4. The van der Waals surface area contributed by atoms with Gasteiger partial charge in [-0.1, -0.05) is 6.08 Å². The van der Waals surface area contributed by atoms with Crippen LogP contribution in [0.2, 0.25) is 0 Å². The Morgan fingerprint density at radius 1 is 0.642 bits per heavy atom. The predicted molar refractivity (Wildman–Crippen MR) is 209 cm³/mol. The van der Waals surface area contributed by atoms with E-state index < -0.39 is 23.3 Å². The van der Waals surface area contributed by atoms with Crippen LogP contribution in [-0.2, 0) is 18.9 Å². The molecule has 0 atom stereocenters. The van der Waals surface area contributed by atoms with E-state index in [1.165, 1.54) is 36.0 Å². The normalized spacial score (nSPS) is 20.6. The van der Waals surface area contributed by atoms with Crippen LogP contribution in [0, 0.1) is 25.7 Å². The van der Waals surface area contributed by atoms with Gasteiger partial charge in [-0.25, -0.2) is 19.2 Å². The van der Waals surface area contributed by atoms with Crippen molar-refractivity contribution in [3.05, 3.63) is 48.8 Å². The first-order valence-corrected chi connectivity index (χ1v) is 20.1. The molecule has 53 heavy (non-hydrogen) atoms. The number of thiophene rings is 2. The van der Waals surface area contributed by atoms with Gasteiger partial charge in [-0.3, -0.25) is 4.79 Å². The van der Waals surface area contributed by atoms with Crippen LogP contribution < -0.4 is 10.6 Å². The van der Waals surface area contributed by atoms with Crippen LogP contribution >= 0.6 is 22.7 Å². The number of carbonyl (C=O) groups excluding carboxylic acids is 5. The van der Waals surface area contributed by atoms with Gasteiger partial charge >= 0.3 is 24.1 Å². The number of Topliss-reactive ketones (excluding diaryl/α,β-unsaturated/α-hetero) is 1. The molecule has 2 heterocycles. The van der Waals surface area contributed by atoms with E-state index in [9.17, 15) is 24.0 Å². The molecule has 0 aromatic carbocycles. The van der Waals surface area contributed by atoms with Crippen molar-refractivity contribution in [3.8, 4) is 0 Å². The third-order valence-corrected chi connectivity index (χ3v) is 11.6. The number of carbonyl (C=O) groups is 5. The molecule has 4 rings (SSSR count). The summed E-state index contributed by atoms with van der Waals surface area (Å²) in [5.41, 5.74) is 3.09. The Morgan fingerprint density at radius 3 is 1.40 bits per heavy atom. The summed E-state index contributed by atoms with van der Waals surface area (Å²) in [6.07, 6.45) is 8.17. The fraction of sp³-hybridized carbons (Fsp3) is 0.625. The lowest BCUT2D eigenvalue weighted by Crippen LogP contribution is -2.41. The average molecular weight is 775 g/mol. The van der Waals surface area contributed by atoms with Crippen molar-refractivity contribution in [2.24, 2.45) is 11.8 Å². The van der Waals surface area contributed by atoms with Crippen LogP contribution in [0.1, 0.15) is 146 Å². The highest BCUT2D eigenvalue weighted by molar-refractivity contribution is 7.12. The number of hydrogen-bond donors (Lipinski definition) is 2. The molecule has 2 saturated carbocycles. The number of esters is 2. The summed E-state index contributed by atoms with van der Waals surface area (Å²) in [6.45, 7) is 16.9. The highest BCUT2D eigenvalue weighted by Crippen LogP contribution is 2.40. The molecule has 2 N–H and O–H groups in total. The molecule has 2 aromatic rings. The van der Waals surface area contributed by atoms with Gasteiger partial charge in [0, 0.05) is 33.6 Å². The lowest BCUT2D eigenvalue weighted by atomic mass is 9.80. The molecule has 13 heteroatoms. The van der Waals surface area contributed by atoms with Crippen molar-refractivity contribution in [2.45, 2.75) is 137 Å². The molecule has 0 radical (unpaired) electrons. The highest BCUT2D eigenvalue weighted by Gasteiger charge is 2.32. The topological polar surface area (TPSA) is 146 Å². The Morgan fingerprint density at radius 2 is 1.02 bits per heavy atom. The number of methoxy groups -OCH3 is 2. The minimum atomic E-state index is -0.523. The third kappa shape index (κ3) is 12.7. The average Bonchev–Trinajstić information content (AvgIpc) is 3.65. The van der Waals surface area contributed by atoms with E-state index >= 15 is 0 Å². The zero-order valence-electron chi connectivity index (χ0n) is 33.2. The molecule has 11 nitrogen and oxygen atoms in total. The Balaban J connectivity index is 0.000000286. The minimum absolute atomic E-state index is 0.0314. The summed E-state index contributed by atoms with van der Waals surface area (Å²) < 4.78 is 20.2. The van der Waals surface area contributed by atoms with Crippen molar-refractivity contribution >= 4 is 58.2 Å². The van der Waals surface area contributed by atoms with Gasteiger partial charge in [0.2, 0.25) is 0 Å². The van der Waals surface area contributed by atoms with Crippen LogP contribution in [0.5, 0.6) is 0 Å². The van der Waals surface area contributed by atoms with Crippen LogP contribution in [0.4, 0.5) is 9.59 Å². The first kappa shape index (κ1) is 43.7. The highest BCUT2D eigenvalue weighted by atomic mass is 32.1. The van der Waals surface area contributed by atoms with Crippen molar-refractivity contribution in [2.75, 3.05) is 14.2 Å². The third-order valence-electron chi connectivity index (χ3n) is 9.39. The molecule has 2 amide bonds. The summed E-state index contributed by atoms with van der Waals surface area (Å²) in [5.74, 6) is -0.249. The number of amides is 2. The molecule has 0 bridgehead atoms. The molecule has 0 unspecified atom stereocenters. The fourth-order valence-electron chi connectivity index (χ4n) is 6.72. The molecule has 294 valence electrons. The molecule has 0 saturated heterocycles. The van der Waals surface area contributed by atoms with Crippen molar-refractivity contribution in [1.29, 1.82) is 0 Å². The summed E-state index contributed by atoms with van der Waals surface area (Å²) in [7, 11) is 2.74. The van der Waals surface area contributed by atoms with Gasteiger partial charge in [-0.05, 0) is 136 Å². The number of hydrogen-bond acceptors (Lipinski definition) is 11. The summed E-state index contributed by atoms with van der Waals surface area (Å²) in [6, 6.07) is 0.188. The van der Waals surface area contributed by atoms with E-state index in [0.717, 1.165) is 44.1 Å². The molecular weight excluding hydrogens is 717 g/mol. The monoisotopic (exact) mass is 774 g/mol. The van der Waals surface area contributed by atoms with Crippen LogP contribution in [-0.4, -0.2) is 67.4 Å². The molecule has 2 aromatic heterocycles. The largest absolute Gasteiger partial charge is 0.465 e. The number of nitrogens with one attached hydrogen (secondary N) is 2. The lowest BCUT2D eigenvalue weighted by molar-refractivity contribution is 0.0476. The van der Waals surface area contributed by atoms with E-state index in [1.54, 1.807) is 23.6 Å². The van der Waals surface area contributed by atoms with E-state index in [4.69, 9.17) is 18.9 Å². The van der Waals surface area contributed by atoms with E-state index in [0.29, 0.717) is 40.3 Å². The van der Waals surface area contributed by atoms with Gasteiger partial charge in [0.05, 0.1) is 30.2 Å². The van der Waals surface area contributed by atoms with Crippen LogP contribution in [0.15, 0.2) is 16.8 Å². The van der Waals surface area contributed by atoms with Gasteiger partial charge in [0.15, 0.2) is 5.78 Å². The quantitative estimate of drug-likeness (QED) is 0.152. The summed E-state index contributed by atoms with van der Waals surface area (Å²) >= 11 is 2.90. The van der Waals surface area contributed by atoms with Crippen LogP contribution in [0.25, 0.3) is 5.57 Å². The number of rotatable bonds is 8. The summed E-state index contributed by atoms with van der Waals surface area (Å²) in [4.78, 5) is 62.0. The van der Waals surface area contributed by atoms with Gasteiger partial charge in [-0.15, -0.1) is 22.7 Å². The zero-order valence-corrected chi connectivity index (χ0v) is 34.8. The predicted octanol–water partition coefficient (Wildman–Crippen LogP) is 9.44. The Kier molecular flexibility index (Phi) is 15.7. The Hall–Kier alpha value is -3.71. The molecule has 2 aliphatic rings. The minimum Gasteiger partial charge on any atom is -0.465 e. The second-order valence-corrected chi connectivity index (χ2v) is 17.4. The standard InChI is InChI=1S/C21H31NO4S.C19H27NO5S/c1-7-16(18-13(2)17(12-27-18)19(23)25-6)14-8-10-15(11-9-14)22-20(24)26-21(3,4)5;1-11-14(17(22)24-5)10-26-16(11)15(21)12-6-8-13(9-7-12)20-18(23)25-19(2,3)4/h7,12,14-15H,8-11H2,1-6H3,(H,22,24);10,12-13H,6-9H2,1-5H3,(H,20,23)/b16-7+;. The van der Waals surface area contributed by atoms with E-state index in [-0.39, 0.29) is 35.8 Å². The Labute approximate surface area is 322 Å². The van der Waals surface area contributed by atoms with E-state index in [1.807, 2.05) is 53.8 Å². The van der Waals surface area contributed by atoms with Crippen molar-refractivity contribution < 1.29 is 42.9 Å². The van der Waals surface area contributed by atoms with Gasteiger partial charge in [-0.2, -0.15) is 0 Å². The van der Waals surface area contributed by atoms with Crippen molar-refractivity contribution in [3.63, 3.8) is 0 Å². The number of allylic oxidation sites excluding steroid dienone is 2. The number of ketones is 1. The molecule has 2 aliphatic carbocycles. The molecule has 0 aliphatic heterocycles. The Bertz CT molecular complexity index is 1630. The second-order valence-electron chi connectivity index (χ2n) is 15.7. The first-order chi connectivity index (χ1) is 24.8.